The molecule has 11 heavy (non-hydrogen) atoms. The zero-order valence-electron chi connectivity index (χ0n) is 5.73. The number of hydrogen-bond acceptors (Lipinski definition) is 4. The molecule has 0 radical (unpaired) electrons. The van der Waals surface area contributed by atoms with E-state index >= 15 is 0 Å². The van der Waals surface area contributed by atoms with E-state index in [1.807, 2.05) is 0 Å². The molecule has 1 rings (SSSR count). The zero-order chi connectivity index (χ0) is 8.48. The normalized spacial score (nSPS) is 11.8. The third-order valence-electron chi connectivity index (χ3n) is 1.13. The van der Waals surface area contributed by atoms with Gasteiger partial charge in [-0.3, -0.25) is 4.68 Å². The van der Waals surface area contributed by atoms with E-state index in [0.29, 0.717) is 0 Å². The highest BCUT2D eigenvalue weighted by Gasteiger charge is 2.11. The summed E-state index contributed by atoms with van der Waals surface area (Å²) in [7, 11) is -2.98. The van der Waals surface area contributed by atoms with Crippen molar-refractivity contribution in [2.45, 2.75) is 5.75 Å². The van der Waals surface area contributed by atoms with E-state index in [1.165, 1.54) is 17.9 Å². The topological polar surface area (TPSA) is 64.8 Å². The molecule has 0 fully saturated rings. The molecule has 7 heteroatoms. The molecule has 0 aromatic carbocycles. The summed E-state index contributed by atoms with van der Waals surface area (Å²) >= 11 is 0. The third-order valence-corrected chi connectivity index (χ3v) is 1.77. The molecule has 62 valence electrons. The first kappa shape index (κ1) is 8.12. The van der Waals surface area contributed by atoms with Gasteiger partial charge in [-0.2, -0.15) is 8.42 Å². The van der Waals surface area contributed by atoms with E-state index in [0.717, 1.165) is 0 Å². The Labute approximate surface area is 63.0 Å². The minimum atomic E-state index is -4.47. The van der Waals surface area contributed by atoms with Gasteiger partial charge in [-0.25, -0.2) is 0 Å². The van der Waals surface area contributed by atoms with Gasteiger partial charge in [-0.15, -0.1) is 8.98 Å². The van der Waals surface area contributed by atoms with Crippen LogP contribution in [0.4, 0.5) is 3.89 Å². The first-order valence-electron chi connectivity index (χ1n) is 2.75. The molecule has 0 bridgehead atoms. The predicted octanol–water partition coefficient (Wildman–Crippen LogP) is -0.386. The van der Waals surface area contributed by atoms with Gasteiger partial charge in [0.15, 0.2) is 0 Å². The SMILES string of the molecule is Cn1nncc1CS(=O)(=O)F. The van der Waals surface area contributed by atoms with Crippen molar-refractivity contribution in [2.75, 3.05) is 0 Å². The maximum absolute atomic E-state index is 12.0. The first-order valence-corrected chi connectivity index (χ1v) is 4.30. The van der Waals surface area contributed by atoms with Gasteiger partial charge in [-0.05, 0) is 0 Å². The summed E-state index contributed by atoms with van der Waals surface area (Å²) in [5, 5.41) is 6.82. The summed E-state index contributed by atoms with van der Waals surface area (Å²) in [4.78, 5) is 0. The molecule has 0 N–H and O–H groups in total. The van der Waals surface area contributed by atoms with Crippen LogP contribution >= 0.6 is 0 Å². The van der Waals surface area contributed by atoms with E-state index in [2.05, 4.69) is 10.3 Å². The summed E-state index contributed by atoms with van der Waals surface area (Å²) in [5.41, 5.74) is 0.229. The van der Waals surface area contributed by atoms with Crippen molar-refractivity contribution < 1.29 is 12.3 Å². The predicted molar refractivity (Wildman–Crippen MR) is 34.7 cm³/mol. The van der Waals surface area contributed by atoms with Crippen molar-refractivity contribution in [1.29, 1.82) is 0 Å². The van der Waals surface area contributed by atoms with Crippen molar-refractivity contribution >= 4 is 10.2 Å². The Bertz CT molecular complexity index is 344. The molecule has 1 aromatic heterocycles. The average molecular weight is 179 g/mol. The second-order valence-corrected chi connectivity index (χ2v) is 3.40. The molecule has 5 nitrogen and oxygen atoms in total. The van der Waals surface area contributed by atoms with Crippen LogP contribution in [0.2, 0.25) is 0 Å². The van der Waals surface area contributed by atoms with Crippen LogP contribution in [0, 0.1) is 0 Å². The summed E-state index contributed by atoms with van der Waals surface area (Å²) in [6.45, 7) is 0. The van der Waals surface area contributed by atoms with Gasteiger partial charge in [-0.1, -0.05) is 5.21 Å². The lowest BCUT2D eigenvalue weighted by Gasteiger charge is -1.93. The van der Waals surface area contributed by atoms with Crippen molar-refractivity contribution in [3.63, 3.8) is 0 Å². The lowest BCUT2D eigenvalue weighted by atomic mass is 10.5. The Kier molecular flexibility index (Phi) is 1.90. The third kappa shape index (κ3) is 2.26. The molecule has 0 aliphatic carbocycles. The van der Waals surface area contributed by atoms with Crippen LogP contribution in [0.15, 0.2) is 6.20 Å². The minimum Gasteiger partial charge on any atom is -0.251 e. The van der Waals surface area contributed by atoms with Crippen LogP contribution in [0.3, 0.4) is 0 Å². The van der Waals surface area contributed by atoms with Crippen LogP contribution in [0.25, 0.3) is 0 Å². The van der Waals surface area contributed by atoms with Gasteiger partial charge in [0.2, 0.25) is 0 Å². The molecule has 0 atom stereocenters. The molecular formula is C4H6FN3O2S. The number of rotatable bonds is 2. The Morgan fingerprint density at radius 1 is 1.73 bits per heavy atom. The maximum Gasteiger partial charge on any atom is 0.308 e. The Hall–Kier alpha value is -0.980. The number of aromatic nitrogens is 3. The summed E-state index contributed by atoms with van der Waals surface area (Å²) in [6, 6.07) is 0. The minimum absolute atomic E-state index is 0.229. The summed E-state index contributed by atoms with van der Waals surface area (Å²) in [5.74, 6) is -0.670. The van der Waals surface area contributed by atoms with Crippen LogP contribution in [-0.4, -0.2) is 23.4 Å². The number of nitrogens with zero attached hydrogens (tertiary/aromatic N) is 3. The summed E-state index contributed by atoms with van der Waals surface area (Å²) < 4.78 is 33.5. The van der Waals surface area contributed by atoms with E-state index in [4.69, 9.17) is 0 Å². The quantitative estimate of drug-likeness (QED) is 0.580. The molecule has 1 heterocycles. The van der Waals surface area contributed by atoms with Gasteiger partial charge < -0.3 is 0 Å². The van der Waals surface area contributed by atoms with Crippen molar-refractivity contribution in [3.05, 3.63) is 11.9 Å². The van der Waals surface area contributed by atoms with Gasteiger partial charge in [0.25, 0.3) is 0 Å². The molecular weight excluding hydrogens is 173 g/mol. The highest BCUT2D eigenvalue weighted by Crippen LogP contribution is 2.03. The second-order valence-electron chi connectivity index (χ2n) is 2.03. The first-order chi connectivity index (χ1) is 4.99. The van der Waals surface area contributed by atoms with Gasteiger partial charge in [0.05, 0.1) is 11.9 Å². The lowest BCUT2D eigenvalue weighted by molar-refractivity contribution is 0.547. The molecule has 0 amide bonds. The van der Waals surface area contributed by atoms with Crippen molar-refractivity contribution in [1.82, 2.24) is 15.0 Å². The maximum atomic E-state index is 12.0. The Balaban J connectivity index is 2.89. The fourth-order valence-corrected chi connectivity index (χ4v) is 1.23. The van der Waals surface area contributed by atoms with Crippen LogP contribution < -0.4 is 0 Å². The zero-order valence-corrected chi connectivity index (χ0v) is 6.55. The van der Waals surface area contributed by atoms with Crippen LogP contribution in [0.1, 0.15) is 5.69 Å². The Morgan fingerprint density at radius 3 is 2.73 bits per heavy atom. The highest BCUT2D eigenvalue weighted by atomic mass is 32.3. The highest BCUT2D eigenvalue weighted by molar-refractivity contribution is 7.85. The van der Waals surface area contributed by atoms with E-state index in [9.17, 15) is 12.3 Å². The average Bonchev–Trinajstić information content (AvgIpc) is 2.12. The fraction of sp³-hybridized carbons (Fsp3) is 0.500. The largest absolute Gasteiger partial charge is 0.308 e. The van der Waals surface area contributed by atoms with Crippen molar-refractivity contribution in [3.8, 4) is 0 Å². The monoisotopic (exact) mass is 179 g/mol. The molecule has 0 aliphatic heterocycles. The van der Waals surface area contributed by atoms with E-state index in [-0.39, 0.29) is 5.69 Å². The molecule has 0 saturated carbocycles. The number of aryl methyl sites for hydroxylation is 1. The number of hydrogen-bond donors (Lipinski definition) is 0. The van der Waals surface area contributed by atoms with Crippen molar-refractivity contribution in [2.24, 2.45) is 7.05 Å². The molecule has 0 spiro atoms. The Morgan fingerprint density at radius 2 is 2.36 bits per heavy atom. The van der Waals surface area contributed by atoms with Gasteiger partial charge >= 0.3 is 10.2 Å². The molecule has 0 aliphatic rings. The number of halogens is 1. The van der Waals surface area contributed by atoms with Crippen LogP contribution in [0.5, 0.6) is 0 Å². The molecule has 0 saturated heterocycles. The van der Waals surface area contributed by atoms with E-state index in [1.54, 1.807) is 0 Å². The van der Waals surface area contributed by atoms with Gasteiger partial charge in [0, 0.05) is 7.05 Å². The van der Waals surface area contributed by atoms with Gasteiger partial charge in [0.1, 0.15) is 5.75 Å². The second kappa shape index (κ2) is 2.57. The molecule has 0 unspecified atom stereocenters. The molecule has 1 aromatic rings. The van der Waals surface area contributed by atoms with Crippen LogP contribution in [-0.2, 0) is 23.0 Å². The van der Waals surface area contributed by atoms with E-state index < -0.39 is 16.0 Å². The fourth-order valence-electron chi connectivity index (χ4n) is 0.618. The standard InChI is InChI=1S/C4H6FN3O2S/c1-8-4(2-6-7-8)3-11(5,9)10/h2H,3H2,1H3. The lowest BCUT2D eigenvalue weighted by Crippen LogP contribution is -2.03. The smallest absolute Gasteiger partial charge is 0.251 e. The summed E-state index contributed by atoms with van der Waals surface area (Å²) in [6.07, 6.45) is 1.21.